The molecule has 0 saturated heterocycles. The van der Waals surface area contributed by atoms with Crippen LogP contribution in [0.3, 0.4) is 0 Å². The number of nitrogens with zero attached hydrogens (tertiary/aromatic N) is 5. The van der Waals surface area contributed by atoms with E-state index in [1.54, 1.807) is 18.5 Å². The lowest BCUT2D eigenvalue weighted by atomic mass is 10.2. The molecule has 0 bridgehead atoms. The summed E-state index contributed by atoms with van der Waals surface area (Å²) < 4.78 is 39.2. The standard InChI is InChI=1S/C35H49FN7O5P/c1-8-15-42(17-19-46-49(47-34(2,3)4)48-35(5,6)7)16-10-18-45-29-13-14-30-31(21-29)37-25-38-33(30)41-28-22-39-43(23-28)24-32(44)40-27-12-9-11-26(36)20-27/h9,11-14,20-23,25H,8,10,15-19,24H2,1-7H3,(H,40,44)(H,37,38,41). The van der Waals surface area contributed by atoms with Gasteiger partial charge in [0, 0.05) is 36.4 Å². The van der Waals surface area contributed by atoms with Gasteiger partial charge in [-0.05, 0) is 91.3 Å². The number of ether oxygens (including phenoxy) is 1. The second-order valence-corrected chi connectivity index (χ2v) is 14.6. The molecule has 0 spiro atoms. The highest BCUT2D eigenvalue weighted by molar-refractivity contribution is 7.41. The summed E-state index contributed by atoms with van der Waals surface area (Å²) in [6, 6.07) is 11.5. The molecule has 12 nitrogen and oxygen atoms in total. The lowest BCUT2D eigenvalue weighted by Crippen LogP contribution is -2.30. The van der Waals surface area contributed by atoms with Crippen molar-refractivity contribution in [3.05, 3.63) is 67.0 Å². The van der Waals surface area contributed by atoms with Gasteiger partial charge in [-0.3, -0.25) is 9.48 Å². The minimum Gasteiger partial charge on any atom is -0.493 e. The van der Waals surface area contributed by atoms with Crippen LogP contribution in [0.5, 0.6) is 5.75 Å². The number of anilines is 3. The van der Waals surface area contributed by atoms with E-state index in [1.165, 1.54) is 29.2 Å². The minimum absolute atomic E-state index is 0.0343. The van der Waals surface area contributed by atoms with Crippen molar-refractivity contribution < 1.29 is 27.5 Å². The average Bonchev–Trinajstić information content (AvgIpc) is 3.43. The number of carbonyl (C=O) groups excluding carboxylic acids is 1. The van der Waals surface area contributed by atoms with Crippen molar-refractivity contribution in [2.24, 2.45) is 0 Å². The number of amides is 1. The maximum absolute atomic E-state index is 13.4. The Morgan fingerprint density at radius 1 is 0.959 bits per heavy atom. The van der Waals surface area contributed by atoms with Gasteiger partial charge in [-0.25, -0.2) is 14.4 Å². The quantitative estimate of drug-likeness (QED) is 0.0789. The van der Waals surface area contributed by atoms with E-state index in [2.05, 4.69) is 37.5 Å². The van der Waals surface area contributed by atoms with Crippen LogP contribution in [-0.2, 0) is 24.9 Å². The number of fused-ring (bicyclic) bond motifs is 1. The molecule has 1 amide bonds. The van der Waals surface area contributed by atoms with Crippen molar-refractivity contribution in [1.82, 2.24) is 24.6 Å². The van der Waals surface area contributed by atoms with E-state index in [4.69, 9.17) is 18.3 Å². The Bertz CT molecular complexity index is 1630. The maximum Gasteiger partial charge on any atom is 0.333 e. The van der Waals surface area contributed by atoms with Crippen LogP contribution < -0.4 is 15.4 Å². The lowest BCUT2D eigenvalue weighted by molar-refractivity contribution is -0.116. The second kappa shape index (κ2) is 17.8. The summed E-state index contributed by atoms with van der Waals surface area (Å²) in [6.07, 6.45) is 6.68. The van der Waals surface area contributed by atoms with Crippen LogP contribution in [0.4, 0.5) is 21.6 Å². The SMILES string of the molecule is CCCN(CCCOc1ccc2c(Nc3cnn(CC(=O)Nc4cccc(F)c4)c3)ncnc2c1)CCOP(OC(C)(C)C)OC(C)(C)C. The third-order valence-corrected chi connectivity index (χ3v) is 8.43. The van der Waals surface area contributed by atoms with Crippen LogP contribution in [0.2, 0.25) is 0 Å². The molecule has 0 radical (unpaired) electrons. The first-order chi connectivity index (χ1) is 23.3. The molecule has 4 rings (SSSR count). The molecule has 0 saturated carbocycles. The highest BCUT2D eigenvalue weighted by Gasteiger charge is 2.27. The predicted molar refractivity (Wildman–Crippen MR) is 191 cm³/mol. The average molecular weight is 698 g/mol. The Hall–Kier alpha value is -3.74. The van der Waals surface area contributed by atoms with Gasteiger partial charge < -0.3 is 33.8 Å². The lowest BCUT2D eigenvalue weighted by Gasteiger charge is -2.31. The zero-order valence-electron chi connectivity index (χ0n) is 29.5. The summed E-state index contributed by atoms with van der Waals surface area (Å²) in [5.41, 5.74) is 1.05. The van der Waals surface area contributed by atoms with Crippen molar-refractivity contribution in [3.63, 3.8) is 0 Å². The van der Waals surface area contributed by atoms with Gasteiger partial charge in [-0.15, -0.1) is 0 Å². The molecule has 14 heteroatoms. The first-order valence-corrected chi connectivity index (χ1v) is 17.6. The summed E-state index contributed by atoms with van der Waals surface area (Å²) in [5, 5.41) is 11.0. The molecule has 4 aromatic rings. The van der Waals surface area contributed by atoms with Gasteiger partial charge in [0.2, 0.25) is 5.91 Å². The van der Waals surface area contributed by atoms with Gasteiger partial charge in [0.05, 0.1) is 41.8 Å². The van der Waals surface area contributed by atoms with E-state index in [1.807, 2.05) is 59.7 Å². The van der Waals surface area contributed by atoms with Crippen molar-refractivity contribution in [2.45, 2.75) is 79.1 Å². The van der Waals surface area contributed by atoms with Gasteiger partial charge in [0.15, 0.2) is 0 Å². The molecule has 2 aromatic carbocycles. The van der Waals surface area contributed by atoms with E-state index in [9.17, 15) is 9.18 Å². The molecular weight excluding hydrogens is 648 g/mol. The molecule has 0 fully saturated rings. The fourth-order valence-electron chi connectivity index (χ4n) is 4.68. The third-order valence-electron chi connectivity index (χ3n) is 6.65. The van der Waals surface area contributed by atoms with Crippen molar-refractivity contribution in [3.8, 4) is 5.75 Å². The van der Waals surface area contributed by atoms with E-state index in [0.717, 1.165) is 49.1 Å². The highest BCUT2D eigenvalue weighted by Crippen LogP contribution is 2.47. The number of benzene rings is 2. The Labute approximate surface area is 289 Å². The van der Waals surface area contributed by atoms with Crippen LogP contribution in [0.25, 0.3) is 10.9 Å². The van der Waals surface area contributed by atoms with Crippen LogP contribution in [0.1, 0.15) is 61.3 Å². The zero-order chi connectivity index (χ0) is 35.4. The summed E-state index contributed by atoms with van der Waals surface area (Å²) in [6.45, 7) is 17.8. The number of nitrogens with one attached hydrogen (secondary N) is 2. The molecule has 266 valence electrons. The fraction of sp³-hybridized carbons (Fsp3) is 0.486. The van der Waals surface area contributed by atoms with Gasteiger partial charge in [-0.2, -0.15) is 5.10 Å². The van der Waals surface area contributed by atoms with Crippen molar-refractivity contribution in [2.75, 3.05) is 43.5 Å². The molecular formula is C35H49FN7O5P. The molecule has 0 aliphatic heterocycles. The molecule has 2 aromatic heterocycles. The number of halogens is 1. The monoisotopic (exact) mass is 697 g/mol. The number of hydrogen-bond donors (Lipinski definition) is 2. The molecule has 0 atom stereocenters. The van der Waals surface area contributed by atoms with E-state index in [0.29, 0.717) is 30.4 Å². The van der Waals surface area contributed by atoms with Crippen molar-refractivity contribution in [1.29, 1.82) is 0 Å². The topological polar surface area (TPSA) is 125 Å². The predicted octanol–water partition coefficient (Wildman–Crippen LogP) is 7.70. The van der Waals surface area contributed by atoms with E-state index >= 15 is 0 Å². The van der Waals surface area contributed by atoms with Gasteiger partial charge >= 0.3 is 8.60 Å². The van der Waals surface area contributed by atoms with E-state index in [-0.39, 0.29) is 23.7 Å². The molecule has 2 N–H and O–H groups in total. The van der Waals surface area contributed by atoms with Gasteiger partial charge in [-0.1, -0.05) is 13.0 Å². The number of hydrogen-bond acceptors (Lipinski definition) is 10. The number of rotatable bonds is 18. The fourth-order valence-corrected chi connectivity index (χ4v) is 5.95. The van der Waals surface area contributed by atoms with E-state index < -0.39 is 14.4 Å². The number of aromatic nitrogens is 4. The first-order valence-electron chi connectivity index (χ1n) is 16.5. The van der Waals surface area contributed by atoms with Gasteiger partial charge in [0.25, 0.3) is 0 Å². The smallest absolute Gasteiger partial charge is 0.333 e. The molecule has 0 aliphatic carbocycles. The Kier molecular flexibility index (Phi) is 13.8. The zero-order valence-corrected chi connectivity index (χ0v) is 30.4. The van der Waals surface area contributed by atoms with Crippen LogP contribution in [0, 0.1) is 5.82 Å². The Balaban J connectivity index is 1.25. The maximum atomic E-state index is 13.4. The molecule has 0 aliphatic rings. The molecule has 2 heterocycles. The summed E-state index contributed by atoms with van der Waals surface area (Å²) >= 11 is 0. The number of carbonyl (C=O) groups is 1. The molecule has 49 heavy (non-hydrogen) atoms. The van der Waals surface area contributed by atoms with Gasteiger partial charge in [0.1, 0.15) is 30.3 Å². The van der Waals surface area contributed by atoms with Crippen LogP contribution >= 0.6 is 8.60 Å². The normalized spacial score (nSPS) is 12.2. The Morgan fingerprint density at radius 2 is 1.73 bits per heavy atom. The third kappa shape index (κ3) is 13.6. The summed E-state index contributed by atoms with van der Waals surface area (Å²) in [4.78, 5) is 23.6. The summed E-state index contributed by atoms with van der Waals surface area (Å²) in [7, 11) is -1.46. The largest absolute Gasteiger partial charge is 0.493 e. The summed E-state index contributed by atoms with van der Waals surface area (Å²) in [5.74, 6) is 0.580. The second-order valence-electron chi connectivity index (χ2n) is 13.5. The minimum atomic E-state index is -1.46. The van der Waals surface area contributed by atoms with Crippen LogP contribution in [-0.4, -0.2) is 74.6 Å². The molecule has 0 unspecified atom stereocenters. The van der Waals surface area contributed by atoms with Crippen LogP contribution in [0.15, 0.2) is 61.2 Å². The van der Waals surface area contributed by atoms with Crippen molar-refractivity contribution >= 4 is 42.6 Å². The highest BCUT2D eigenvalue weighted by atomic mass is 31.2. The Morgan fingerprint density at radius 3 is 2.45 bits per heavy atom. The first kappa shape index (κ1) is 38.1.